The lowest BCUT2D eigenvalue weighted by Gasteiger charge is -2.33. The molecule has 0 amide bonds. The molecule has 108 valence electrons. The summed E-state index contributed by atoms with van der Waals surface area (Å²) in [5.74, 6) is 0. The first-order valence-electron chi connectivity index (χ1n) is 6.54. The van der Waals surface area contributed by atoms with Gasteiger partial charge in [0.2, 0.25) is 0 Å². The first kappa shape index (κ1) is 14.9. The van der Waals surface area contributed by atoms with Gasteiger partial charge in [0, 0.05) is 30.6 Å². The highest BCUT2D eigenvalue weighted by Crippen LogP contribution is 2.20. The summed E-state index contributed by atoms with van der Waals surface area (Å²) in [4.78, 5) is 1.06. The molecule has 1 saturated heterocycles. The fourth-order valence-electron chi connectivity index (χ4n) is 2.35. The second-order valence-corrected chi connectivity index (χ2v) is 7.56. The molecule has 19 heavy (non-hydrogen) atoms. The zero-order valence-corrected chi connectivity index (χ0v) is 12.8. The number of hydrogen-bond acceptors (Lipinski definition) is 4. The van der Waals surface area contributed by atoms with E-state index in [9.17, 15) is 8.42 Å². The van der Waals surface area contributed by atoms with Crippen molar-refractivity contribution in [2.75, 3.05) is 13.1 Å². The van der Waals surface area contributed by atoms with Gasteiger partial charge in [-0.05, 0) is 36.8 Å². The molecule has 0 aliphatic carbocycles. The maximum absolute atomic E-state index is 12.3. The van der Waals surface area contributed by atoms with Crippen LogP contribution in [0.2, 0.25) is 0 Å². The topological polar surface area (TPSA) is 75.4 Å². The van der Waals surface area contributed by atoms with Crippen LogP contribution in [-0.2, 0) is 16.8 Å². The molecule has 5 nitrogen and oxygen atoms in total. The van der Waals surface area contributed by atoms with Crippen LogP contribution in [0.3, 0.4) is 0 Å². The van der Waals surface area contributed by atoms with Crippen molar-refractivity contribution in [3.63, 3.8) is 0 Å². The molecule has 0 bridgehead atoms. The molecule has 1 aromatic rings. The van der Waals surface area contributed by atoms with E-state index in [4.69, 9.17) is 5.73 Å². The van der Waals surface area contributed by atoms with Gasteiger partial charge in [-0.2, -0.15) is 17.4 Å². The number of rotatable bonds is 5. The Morgan fingerprint density at radius 3 is 2.95 bits per heavy atom. The number of thiophene rings is 1. The van der Waals surface area contributed by atoms with E-state index in [1.165, 1.54) is 4.31 Å². The molecule has 1 unspecified atom stereocenters. The number of aryl methyl sites for hydroxylation is 1. The van der Waals surface area contributed by atoms with Gasteiger partial charge < -0.3 is 5.73 Å². The van der Waals surface area contributed by atoms with Crippen molar-refractivity contribution in [1.82, 2.24) is 9.03 Å². The van der Waals surface area contributed by atoms with Crippen molar-refractivity contribution in [3.05, 3.63) is 21.9 Å². The molecule has 3 N–H and O–H groups in total. The van der Waals surface area contributed by atoms with Crippen LogP contribution < -0.4 is 10.5 Å². The fraction of sp³-hybridized carbons (Fsp3) is 0.667. The minimum atomic E-state index is -3.43. The highest BCUT2D eigenvalue weighted by Gasteiger charge is 2.31. The van der Waals surface area contributed by atoms with Crippen molar-refractivity contribution < 1.29 is 8.42 Å². The molecular weight excluding hydrogens is 282 g/mol. The van der Waals surface area contributed by atoms with Gasteiger partial charge in [-0.15, -0.1) is 11.3 Å². The Labute approximate surface area is 119 Å². The van der Waals surface area contributed by atoms with Gasteiger partial charge in [0.25, 0.3) is 10.2 Å². The van der Waals surface area contributed by atoms with E-state index in [0.717, 1.165) is 29.7 Å². The Kier molecular flexibility index (Phi) is 4.97. The van der Waals surface area contributed by atoms with Gasteiger partial charge >= 0.3 is 0 Å². The summed E-state index contributed by atoms with van der Waals surface area (Å²) in [6, 6.07) is 1.94. The van der Waals surface area contributed by atoms with Crippen molar-refractivity contribution in [2.45, 2.75) is 38.8 Å². The predicted molar refractivity (Wildman–Crippen MR) is 78.2 cm³/mol. The summed E-state index contributed by atoms with van der Waals surface area (Å²) in [6.07, 6.45) is 2.82. The summed E-state index contributed by atoms with van der Waals surface area (Å²) < 4.78 is 28.9. The van der Waals surface area contributed by atoms with Crippen LogP contribution in [0.15, 0.2) is 11.4 Å². The first-order valence-corrected chi connectivity index (χ1v) is 8.86. The van der Waals surface area contributed by atoms with Crippen LogP contribution >= 0.6 is 11.3 Å². The Hall–Kier alpha value is -0.470. The molecule has 0 spiro atoms. The smallest absolute Gasteiger partial charge is 0.280 e. The lowest BCUT2D eigenvalue weighted by Crippen LogP contribution is -2.51. The zero-order valence-electron chi connectivity index (χ0n) is 11.1. The number of nitrogens with two attached hydrogens (primary N) is 1. The van der Waals surface area contributed by atoms with Crippen LogP contribution in [0.1, 0.15) is 29.7 Å². The molecule has 0 radical (unpaired) electrons. The molecule has 1 aliphatic heterocycles. The van der Waals surface area contributed by atoms with E-state index < -0.39 is 10.2 Å². The third kappa shape index (κ3) is 3.55. The van der Waals surface area contributed by atoms with Gasteiger partial charge in [-0.1, -0.05) is 6.42 Å². The highest BCUT2D eigenvalue weighted by molar-refractivity contribution is 7.87. The molecule has 1 aromatic heterocycles. The Bertz CT molecular complexity index is 513. The first-order chi connectivity index (χ1) is 9.04. The average molecular weight is 303 g/mol. The fourth-order valence-corrected chi connectivity index (χ4v) is 4.73. The molecule has 1 atom stereocenters. The quantitative estimate of drug-likeness (QED) is 0.858. The second kappa shape index (κ2) is 6.32. The van der Waals surface area contributed by atoms with Gasteiger partial charge in [-0.3, -0.25) is 0 Å². The van der Waals surface area contributed by atoms with Crippen LogP contribution in [0.5, 0.6) is 0 Å². The molecule has 7 heteroatoms. The Morgan fingerprint density at radius 1 is 1.53 bits per heavy atom. The van der Waals surface area contributed by atoms with Gasteiger partial charge in [0.1, 0.15) is 0 Å². The van der Waals surface area contributed by atoms with Crippen LogP contribution in [0.25, 0.3) is 0 Å². The molecule has 2 heterocycles. The summed E-state index contributed by atoms with van der Waals surface area (Å²) in [5.41, 5.74) is 6.80. The maximum Gasteiger partial charge on any atom is 0.280 e. The lowest BCUT2D eigenvalue weighted by molar-refractivity contribution is 0.254. The van der Waals surface area contributed by atoms with Crippen LogP contribution in [0, 0.1) is 6.92 Å². The lowest BCUT2D eigenvalue weighted by atomic mass is 10.1. The summed E-state index contributed by atoms with van der Waals surface area (Å²) in [7, 11) is -3.43. The normalized spacial score (nSPS) is 21.7. The third-order valence-corrected chi connectivity index (χ3v) is 6.17. The number of hydrogen-bond donors (Lipinski definition) is 2. The number of nitrogens with zero attached hydrogens (tertiary/aromatic N) is 1. The Morgan fingerprint density at radius 2 is 2.32 bits per heavy atom. The van der Waals surface area contributed by atoms with E-state index >= 15 is 0 Å². The molecule has 0 aromatic carbocycles. The van der Waals surface area contributed by atoms with Crippen molar-refractivity contribution in [3.8, 4) is 0 Å². The minimum absolute atomic E-state index is 0.0596. The number of nitrogens with one attached hydrogen (secondary N) is 1. The SMILES string of the molecule is Cc1ccsc1CNS(=O)(=O)N1CCCCC1CN. The maximum atomic E-state index is 12.3. The standard InChI is InChI=1S/C12H21N3O2S2/c1-10-5-7-18-12(10)9-14-19(16,17)15-6-3-2-4-11(15)8-13/h5,7,11,14H,2-4,6,8-9,13H2,1H3. The molecule has 0 saturated carbocycles. The molecule has 1 fully saturated rings. The van der Waals surface area contributed by atoms with E-state index in [2.05, 4.69) is 4.72 Å². The highest BCUT2D eigenvalue weighted by atomic mass is 32.2. The van der Waals surface area contributed by atoms with Gasteiger partial charge in [0.15, 0.2) is 0 Å². The van der Waals surface area contributed by atoms with Gasteiger partial charge in [0.05, 0.1) is 0 Å². The summed E-state index contributed by atoms with van der Waals surface area (Å²) in [5, 5.41) is 1.97. The van der Waals surface area contributed by atoms with Crippen molar-refractivity contribution >= 4 is 21.5 Å². The van der Waals surface area contributed by atoms with E-state index in [-0.39, 0.29) is 6.04 Å². The molecule has 2 rings (SSSR count). The largest absolute Gasteiger partial charge is 0.329 e. The number of piperidine rings is 1. The van der Waals surface area contributed by atoms with E-state index in [0.29, 0.717) is 19.6 Å². The summed E-state index contributed by atoms with van der Waals surface area (Å²) in [6.45, 7) is 3.31. The third-order valence-electron chi connectivity index (χ3n) is 3.54. The Balaban J connectivity index is 2.03. The zero-order chi connectivity index (χ0) is 13.9. The molecular formula is C12H21N3O2S2. The monoisotopic (exact) mass is 303 g/mol. The van der Waals surface area contributed by atoms with E-state index in [1.54, 1.807) is 11.3 Å². The van der Waals surface area contributed by atoms with Crippen molar-refractivity contribution in [2.24, 2.45) is 5.73 Å². The second-order valence-electron chi connectivity index (χ2n) is 4.85. The van der Waals surface area contributed by atoms with Crippen LogP contribution in [0.4, 0.5) is 0 Å². The van der Waals surface area contributed by atoms with E-state index in [1.807, 2.05) is 18.4 Å². The summed E-state index contributed by atoms with van der Waals surface area (Å²) >= 11 is 1.57. The molecule has 1 aliphatic rings. The van der Waals surface area contributed by atoms with Crippen LogP contribution in [-0.4, -0.2) is 31.9 Å². The van der Waals surface area contributed by atoms with Gasteiger partial charge in [-0.25, -0.2) is 0 Å². The average Bonchev–Trinajstić information content (AvgIpc) is 2.82. The minimum Gasteiger partial charge on any atom is -0.329 e. The van der Waals surface area contributed by atoms with Crippen molar-refractivity contribution in [1.29, 1.82) is 0 Å². The predicted octanol–water partition coefficient (Wildman–Crippen LogP) is 1.20.